The summed E-state index contributed by atoms with van der Waals surface area (Å²) in [6.07, 6.45) is 1.08. The van der Waals surface area contributed by atoms with Gasteiger partial charge in [-0.2, -0.15) is 0 Å². The van der Waals surface area contributed by atoms with Crippen LogP contribution in [0.2, 0.25) is 0 Å². The number of nitrogens with zero attached hydrogens (tertiary/aromatic N) is 1. The summed E-state index contributed by atoms with van der Waals surface area (Å²) in [5.74, 6) is -0.287. The van der Waals surface area contributed by atoms with Gasteiger partial charge in [-0.3, -0.25) is 0 Å². The fourth-order valence-electron chi connectivity index (χ4n) is 1.08. The Hall–Kier alpha value is -0.830. The molecule has 0 aliphatic heterocycles. The molecule has 3 nitrogen and oxygen atoms in total. The number of rotatable bonds is 6. The van der Waals surface area contributed by atoms with Crippen LogP contribution < -0.4 is 0 Å². The first-order valence-corrected chi connectivity index (χ1v) is 4.65. The first-order valence-electron chi connectivity index (χ1n) is 4.65. The fraction of sp³-hybridized carbons (Fsp3) is 0.700. The molecule has 0 fully saturated rings. The third-order valence-electron chi connectivity index (χ3n) is 1.63. The average molecular weight is 185 g/mol. The van der Waals surface area contributed by atoms with Crippen molar-refractivity contribution >= 4 is 5.97 Å². The van der Waals surface area contributed by atoms with Gasteiger partial charge in [-0.1, -0.05) is 13.5 Å². The molecule has 3 heteroatoms. The van der Waals surface area contributed by atoms with Gasteiger partial charge in [0.2, 0.25) is 0 Å². The molecular formula is C10H19NO2. The highest BCUT2D eigenvalue weighted by Gasteiger charge is 2.09. The minimum Gasteiger partial charge on any atom is -0.463 e. The molecule has 0 aromatic heterocycles. The van der Waals surface area contributed by atoms with Crippen molar-refractivity contribution in [2.75, 3.05) is 26.7 Å². The molecule has 0 N–H and O–H groups in total. The van der Waals surface area contributed by atoms with Gasteiger partial charge >= 0.3 is 5.97 Å². The maximum atomic E-state index is 11.1. The van der Waals surface area contributed by atoms with Crippen LogP contribution in [0.3, 0.4) is 0 Å². The Morgan fingerprint density at radius 2 is 2.08 bits per heavy atom. The Morgan fingerprint density at radius 1 is 1.46 bits per heavy atom. The second-order valence-corrected chi connectivity index (χ2v) is 3.06. The Labute approximate surface area is 80.4 Å². The largest absolute Gasteiger partial charge is 0.463 e. The Kier molecular flexibility index (Phi) is 6.24. The predicted octanol–water partition coefficient (Wildman–Crippen LogP) is 1.45. The Morgan fingerprint density at radius 3 is 2.54 bits per heavy atom. The van der Waals surface area contributed by atoms with Crippen LogP contribution in [0.1, 0.15) is 20.3 Å². The predicted molar refractivity (Wildman–Crippen MR) is 53.6 cm³/mol. The molecule has 0 aromatic carbocycles. The third kappa shape index (κ3) is 5.42. The Balaban J connectivity index is 3.78. The van der Waals surface area contributed by atoms with E-state index in [1.54, 1.807) is 6.92 Å². The Bertz CT molecular complexity index is 178. The minimum absolute atomic E-state index is 0.287. The maximum Gasteiger partial charge on any atom is 0.334 e. The molecular weight excluding hydrogens is 166 g/mol. The van der Waals surface area contributed by atoms with Crippen LogP contribution in [-0.4, -0.2) is 37.6 Å². The highest BCUT2D eigenvalue weighted by molar-refractivity contribution is 5.88. The van der Waals surface area contributed by atoms with Crippen LogP contribution >= 0.6 is 0 Å². The molecule has 0 radical (unpaired) electrons. The van der Waals surface area contributed by atoms with E-state index in [-0.39, 0.29) is 5.97 Å². The van der Waals surface area contributed by atoms with Crippen molar-refractivity contribution in [1.29, 1.82) is 0 Å². The molecule has 0 bridgehead atoms. The maximum absolute atomic E-state index is 11.1. The number of ether oxygens (including phenoxy) is 1. The van der Waals surface area contributed by atoms with E-state index in [1.807, 2.05) is 7.05 Å². The van der Waals surface area contributed by atoms with Crippen LogP contribution in [0.4, 0.5) is 0 Å². The summed E-state index contributed by atoms with van der Waals surface area (Å²) in [5, 5.41) is 0. The van der Waals surface area contributed by atoms with Gasteiger partial charge in [-0.05, 0) is 26.9 Å². The molecule has 0 saturated heterocycles. The molecule has 76 valence electrons. The van der Waals surface area contributed by atoms with Crippen LogP contribution in [0.25, 0.3) is 0 Å². The first-order chi connectivity index (χ1) is 6.11. The van der Waals surface area contributed by atoms with Gasteiger partial charge in [-0.25, -0.2) is 4.79 Å². The standard InChI is InChI=1S/C10H19NO2/c1-5-7-11(4)8-9(3)10(12)13-6-2/h3,5-8H2,1-2,4H3. The van der Waals surface area contributed by atoms with E-state index in [0.29, 0.717) is 18.7 Å². The third-order valence-corrected chi connectivity index (χ3v) is 1.63. The summed E-state index contributed by atoms with van der Waals surface area (Å²) < 4.78 is 4.82. The van der Waals surface area contributed by atoms with E-state index in [2.05, 4.69) is 18.4 Å². The van der Waals surface area contributed by atoms with Gasteiger partial charge in [0.15, 0.2) is 0 Å². The summed E-state index contributed by atoms with van der Waals surface area (Å²) in [6.45, 7) is 9.55. The SMILES string of the molecule is C=C(CN(C)CCC)C(=O)OCC. The molecule has 0 amide bonds. The van der Waals surface area contributed by atoms with Gasteiger partial charge in [0.05, 0.1) is 6.61 Å². The molecule has 0 aromatic rings. The normalized spacial score (nSPS) is 10.2. The van der Waals surface area contributed by atoms with Crippen molar-refractivity contribution in [2.45, 2.75) is 20.3 Å². The molecule has 0 heterocycles. The number of esters is 1. The lowest BCUT2D eigenvalue weighted by atomic mass is 10.3. The summed E-state index contributed by atoms with van der Waals surface area (Å²) in [6, 6.07) is 0. The van der Waals surface area contributed by atoms with E-state index in [0.717, 1.165) is 13.0 Å². The highest BCUT2D eigenvalue weighted by Crippen LogP contribution is 1.98. The number of carbonyl (C=O) groups is 1. The van der Waals surface area contributed by atoms with E-state index in [9.17, 15) is 4.79 Å². The molecule has 0 saturated carbocycles. The molecule has 0 aliphatic rings. The second kappa shape index (κ2) is 6.66. The zero-order valence-electron chi connectivity index (χ0n) is 8.80. The van der Waals surface area contributed by atoms with Gasteiger partial charge in [-0.15, -0.1) is 0 Å². The van der Waals surface area contributed by atoms with Gasteiger partial charge < -0.3 is 9.64 Å². The summed E-state index contributed by atoms with van der Waals surface area (Å²) >= 11 is 0. The average Bonchev–Trinajstić information content (AvgIpc) is 2.05. The lowest BCUT2D eigenvalue weighted by molar-refractivity contribution is -0.138. The molecule has 13 heavy (non-hydrogen) atoms. The lowest BCUT2D eigenvalue weighted by Crippen LogP contribution is -2.25. The quantitative estimate of drug-likeness (QED) is 0.463. The van der Waals surface area contributed by atoms with Gasteiger partial charge in [0.1, 0.15) is 0 Å². The highest BCUT2D eigenvalue weighted by atomic mass is 16.5. The van der Waals surface area contributed by atoms with Crippen LogP contribution in [0.5, 0.6) is 0 Å². The summed E-state index contributed by atoms with van der Waals surface area (Å²) in [7, 11) is 1.97. The zero-order valence-corrected chi connectivity index (χ0v) is 8.80. The van der Waals surface area contributed by atoms with Crippen molar-refractivity contribution in [2.24, 2.45) is 0 Å². The molecule has 0 spiro atoms. The van der Waals surface area contributed by atoms with Crippen molar-refractivity contribution < 1.29 is 9.53 Å². The topological polar surface area (TPSA) is 29.5 Å². The monoisotopic (exact) mass is 185 g/mol. The lowest BCUT2D eigenvalue weighted by Gasteiger charge is -2.15. The van der Waals surface area contributed by atoms with E-state index in [4.69, 9.17) is 4.74 Å². The second-order valence-electron chi connectivity index (χ2n) is 3.06. The molecule has 0 unspecified atom stereocenters. The zero-order chi connectivity index (χ0) is 10.3. The summed E-state index contributed by atoms with van der Waals surface area (Å²) in [5.41, 5.74) is 0.526. The van der Waals surface area contributed by atoms with Crippen molar-refractivity contribution in [3.63, 3.8) is 0 Å². The van der Waals surface area contributed by atoms with Gasteiger partial charge in [0, 0.05) is 12.1 Å². The van der Waals surface area contributed by atoms with Gasteiger partial charge in [0.25, 0.3) is 0 Å². The molecule has 0 rings (SSSR count). The first kappa shape index (κ1) is 12.2. The van der Waals surface area contributed by atoms with Crippen LogP contribution in [0.15, 0.2) is 12.2 Å². The smallest absolute Gasteiger partial charge is 0.334 e. The molecule has 0 atom stereocenters. The van der Waals surface area contributed by atoms with E-state index in [1.165, 1.54) is 0 Å². The minimum atomic E-state index is -0.287. The number of hydrogen-bond acceptors (Lipinski definition) is 3. The molecule has 0 aliphatic carbocycles. The fourth-order valence-corrected chi connectivity index (χ4v) is 1.08. The number of carbonyl (C=O) groups excluding carboxylic acids is 1. The number of hydrogen-bond donors (Lipinski definition) is 0. The van der Waals surface area contributed by atoms with E-state index >= 15 is 0 Å². The van der Waals surface area contributed by atoms with Crippen molar-refractivity contribution in [1.82, 2.24) is 4.90 Å². The summed E-state index contributed by atoms with van der Waals surface area (Å²) in [4.78, 5) is 13.2. The van der Waals surface area contributed by atoms with Crippen molar-refractivity contribution in [3.8, 4) is 0 Å². The van der Waals surface area contributed by atoms with Crippen LogP contribution in [-0.2, 0) is 9.53 Å². The number of likely N-dealkylation sites (N-methyl/N-ethyl adjacent to an activating group) is 1. The van der Waals surface area contributed by atoms with Crippen LogP contribution in [0, 0.1) is 0 Å². The van der Waals surface area contributed by atoms with E-state index < -0.39 is 0 Å². The van der Waals surface area contributed by atoms with Crippen molar-refractivity contribution in [3.05, 3.63) is 12.2 Å².